The Labute approximate surface area is 132 Å². The first kappa shape index (κ1) is 17.7. The van der Waals surface area contributed by atoms with Crippen LogP contribution < -0.4 is 0 Å². The molecule has 0 radical (unpaired) electrons. The third kappa shape index (κ3) is 4.82. The van der Waals surface area contributed by atoms with E-state index in [2.05, 4.69) is 11.2 Å². The quantitative estimate of drug-likeness (QED) is 0.446. The summed E-state index contributed by atoms with van der Waals surface area (Å²) in [5, 5.41) is 13.1. The average Bonchev–Trinajstić information content (AvgIpc) is 2.76. The highest BCUT2D eigenvalue weighted by Crippen LogP contribution is 2.27. The molecule has 0 aliphatic carbocycles. The molecule has 0 bridgehead atoms. The van der Waals surface area contributed by atoms with Gasteiger partial charge in [0.15, 0.2) is 0 Å². The van der Waals surface area contributed by atoms with Crippen LogP contribution in [0.1, 0.15) is 27.7 Å². The predicted octanol–water partition coefficient (Wildman–Crippen LogP) is 2.26. The first-order valence-corrected chi connectivity index (χ1v) is 8.02. The summed E-state index contributed by atoms with van der Waals surface area (Å²) >= 11 is 2.27. The fourth-order valence-electron chi connectivity index (χ4n) is 1.49. The van der Waals surface area contributed by atoms with Crippen LogP contribution in [0, 0.1) is 11.3 Å². The van der Waals surface area contributed by atoms with Gasteiger partial charge in [0.25, 0.3) is 0 Å². The number of hydrogen-bond donors (Lipinski definition) is 0. The molecule has 0 unspecified atom stereocenters. The molecule has 0 aromatic carbocycles. The zero-order valence-corrected chi connectivity index (χ0v) is 14.2. The van der Waals surface area contributed by atoms with E-state index in [9.17, 15) is 9.59 Å². The van der Waals surface area contributed by atoms with Gasteiger partial charge in [0, 0.05) is 13.1 Å². The maximum Gasteiger partial charge on any atom is 0.445 e. The Morgan fingerprint density at radius 1 is 1.62 bits per heavy atom. The third-order valence-corrected chi connectivity index (χ3v) is 4.30. The zero-order valence-electron chi connectivity index (χ0n) is 12.6. The minimum atomic E-state index is -0.747. The summed E-state index contributed by atoms with van der Waals surface area (Å²) in [7, 11) is 1.50. The lowest BCUT2D eigenvalue weighted by Gasteiger charge is -2.22. The Balaban J connectivity index is 2.66. The second-order valence-corrected chi connectivity index (χ2v) is 7.78. The number of hydrogen-bond acceptors (Lipinski definition) is 7. The van der Waals surface area contributed by atoms with Crippen LogP contribution >= 0.6 is 23.7 Å². The molecule has 21 heavy (non-hydrogen) atoms. The van der Waals surface area contributed by atoms with Crippen molar-refractivity contribution in [3.63, 3.8) is 0 Å². The van der Waals surface area contributed by atoms with E-state index in [0.29, 0.717) is 10.9 Å². The average molecular weight is 330 g/mol. The normalized spacial score (nSPS) is 17.3. The lowest BCUT2D eigenvalue weighted by atomic mass is 10.2. The van der Waals surface area contributed by atoms with Crippen LogP contribution in [0.5, 0.6) is 0 Å². The van der Waals surface area contributed by atoms with E-state index in [1.165, 1.54) is 28.0 Å². The van der Waals surface area contributed by atoms with Crippen molar-refractivity contribution < 1.29 is 14.4 Å². The number of amidine groups is 1. The Morgan fingerprint density at radius 3 is 2.76 bits per heavy atom. The van der Waals surface area contributed by atoms with E-state index in [1.807, 2.05) is 13.8 Å². The van der Waals surface area contributed by atoms with Gasteiger partial charge in [0.05, 0.1) is 11.8 Å². The Morgan fingerprint density at radius 2 is 2.24 bits per heavy atom. The van der Waals surface area contributed by atoms with Crippen LogP contribution in [-0.2, 0) is 9.63 Å². The van der Waals surface area contributed by atoms with Crippen LogP contribution in [0.3, 0.4) is 0 Å². The van der Waals surface area contributed by atoms with E-state index in [0.717, 1.165) is 11.9 Å². The van der Waals surface area contributed by atoms with Crippen molar-refractivity contribution in [1.29, 1.82) is 5.26 Å². The SMILES string of the molecule is CC(C)N1C(=O)CSC1=NOC(=O)N(C)SC(C)(C)C#N. The second-order valence-electron chi connectivity index (χ2n) is 5.09. The van der Waals surface area contributed by atoms with Crippen molar-refractivity contribution >= 4 is 40.9 Å². The van der Waals surface area contributed by atoms with Gasteiger partial charge in [-0.15, -0.1) is 0 Å². The van der Waals surface area contributed by atoms with Crippen LogP contribution in [0.15, 0.2) is 5.16 Å². The second kappa shape index (κ2) is 7.04. The summed E-state index contributed by atoms with van der Waals surface area (Å²) in [6.45, 7) is 7.11. The highest BCUT2D eigenvalue weighted by atomic mass is 32.2. The molecule has 7 nitrogen and oxygen atoms in total. The number of rotatable bonds is 4. The molecular formula is C12H18N4O3S2. The largest absolute Gasteiger partial charge is 0.445 e. The van der Waals surface area contributed by atoms with Crippen molar-refractivity contribution in [3.8, 4) is 6.07 Å². The van der Waals surface area contributed by atoms with Crippen LogP contribution in [0.2, 0.25) is 0 Å². The van der Waals surface area contributed by atoms with Crippen molar-refractivity contribution in [2.75, 3.05) is 12.8 Å². The predicted molar refractivity (Wildman–Crippen MR) is 83.4 cm³/mol. The molecule has 0 aromatic rings. The summed E-state index contributed by atoms with van der Waals surface area (Å²) in [5.74, 6) is 0.235. The zero-order chi connectivity index (χ0) is 16.2. The van der Waals surface area contributed by atoms with E-state index >= 15 is 0 Å². The molecule has 1 saturated heterocycles. The number of amides is 2. The summed E-state index contributed by atoms with van der Waals surface area (Å²) < 4.78 is 0.456. The first-order valence-electron chi connectivity index (χ1n) is 6.26. The monoisotopic (exact) mass is 330 g/mol. The van der Waals surface area contributed by atoms with E-state index in [4.69, 9.17) is 10.1 Å². The summed E-state index contributed by atoms with van der Waals surface area (Å²) in [5.41, 5.74) is 0. The number of nitrogens with zero attached hydrogens (tertiary/aromatic N) is 4. The topological polar surface area (TPSA) is 86.0 Å². The standard InChI is InChI=1S/C12H18N4O3S2/c1-8(2)16-9(17)6-20-10(16)14-19-11(18)15(5)21-12(3,4)7-13/h8H,6H2,1-5H3. The summed E-state index contributed by atoms with van der Waals surface area (Å²) in [6.07, 6.45) is -0.695. The fraction of sp³-hybridized carbons (Fsp3) is 0.667. The molecule has 1 aliphatic rings. The van der Waals surface area contributed by atoms with Crippen LogP contribution in [0.25, 0.3) is 0 Å². The van der Waals surface area contributed by atoms with Gasteiger partial charge in [-0.25, -0.2) is 4.79 Å². The summed E-state index contributed by atoms with van der Waals surface area (Å²) in [4.78, 5) is 29.8. The molecule has 2 amide bonds. The molecule has 1 heterocycles. The molecule has 1 fully saturated rings. The number of oxime groups is 1. The van der Waals surface area contributed by atoms with Gasteiger partial charge >= 0.3 is 6.09 Å². The van der Waals surface area contributed by atoms with Crippen molar-refractivity contribution in [2.45, 2.75) is 38.5 Å². The van der Waals surface area contributed by atoms with E-state index in [1.54, 1.807) is 13.8 Å². The van der Waals surface area contributed by atoms with Crippen molar-refractivity contribution in [1.82, 2.24) is 9.21 Å². The molecular weight excluding hydrogens is 312 g/mol. The molecule has 0 N–H and O–H groups in total. The molecule has 0 aromatic heterocycles. The van der Waals surface area contributed by atoms with Gasteiger partial charge in [-0.05, 0) is 44.8 Å². The number of thioether (sulfide) groups is 1. The highest BCUT2D eigenvalue weighted by Gasteiger charge is 2.31. The molecule has 0 atom stereocenters. The van der Waals surface area contributed by atoms with Crippen molar-refractivity contribution in [3.05, 3.63) is 0 Å². The van der Waals surface area contributed by atoms with Crippen molar-refractivity contribution in [2.24, 2.45) is 5.16 Å². The molecule has 1 rings (SSSR count). The molecule has 1 aliphatic heterocycles. The fourth-order valence-corrected chi connectivity index (χ4v) is 3.25. The lowest BCUT2D eigenvalue weighted by Crippen LogP contribution is -2.36. The molecule has 9 heteroatoms. The minimum absolute atomic E-state index is 0.0467. The van der Waals surface area contributed by atoms with Gasteiger partial charge in [-0.1, -0.05) is 11.8 Å². The van der Waals surface area contributed by atoms with Gasteiger partial charge in [0.2, 0.25) is 11.1 Å². The van der Waals surface area contributed by atoms with E-state index < -0.39 is 10.8 Å². The van der Waals surface area contributed by atoms with Crippen LogP contribution in [-0.4, -0.2) is 50.0 Å². The highest BCUT2D eigenvalue weighted by molar-refractivity contribution is 8.15. The molecule has 0 saturated carbocycles. The van der Waals surface area contributed by atoms with Crippen LogP contribution in [0.4, 0.5) is 4.79 Å². The Hall–Kier alpha value is -1.40. The molecule has 0 spiro atoms. The lowest BCUT2D eigenvalue weighted by molar-refractivity contribution is -0.125. The maximum atomic E-state index is 11.8. The van der Waals surface area contributed by atoms with Gasteiger partial charge in [0.1, 0.15) is 4.75 Å². The molecule has 116 valence electrons. The number of carbonyl (C=O) groups is 2. The number of nitriles is 1. The minimum Gasteiger partial charge on any atom is -0.295 e. The summed E-state index contributed by atoms with van der Waals surface area (Å²) in [6, 6.07) is 2.03. The number of carbonyl (C=O) groups excluding carboxylic acids is 2. The van der Waals surface area contributed by atoms with Gasteiger partial charge in [-0.3, -0.25) is 18.8 Å². The first-order chi connectivity index (χ1) is 9.68. The Bertz CT molecular complexity index is 499. The third-order valence-electron chi connectivity index (χ3n) is 2.41. The van der Waals surface area contributed by atoms with Gasteiger partial charge < -0.3 is 0 Å². The maximum absolute atomic E-state index is 11.8. The Kier molecular flexibility index (Phi) is 5.92. The van der Waals surface area contributed by atoms with Gasteiger partial charge in [-0.2, -0.15) is 5.26 Å². The van der Waals surface area contributed by atoms with E-state index in [-0.39, 0.29) is 11.9 Å². The smallest absolute Gasteiger partial charge is 0.295 e.